The summed E-state index contributed by atoms with van der Waals surface area (Å²) in [6, 6.07) is 7.04. The second-order valence-corrected chi connectivity index (χ2v) is 6.84. The molecule has 1 aliphatic carbocycles. The van der Waals surface area contributed by atoms with Crippen LogP contribution in [-0.2, 0) is 20.9 Å². The van der Waals surface area contributed by atoms with Crippen LogP contribution in [0.1, 0.15) is 61.9 Å². The lowest BCUT2D eigenvalue weighted by Crippen LogP contribution is -2.29. The third kappa shape index (κ3) is 7.40. The zero-order valence-electron chi connectivity index (χ0n) is 15.8. The summed E-state index contributed by atoms with van der Waals surface area (Å²) in [5, 5.41) is 2.80. The van der Waals surface area contributed by atoms with Crippen molar-refractivity contribution < 1.29 is 19.1 Å². The van der Waals surface area contributed by atoms with Crippen molar-refractivity contribution in [3.8, 4) is 0 Å². The van der Waals surface area contributed by atoms with Crippen LogP contribution in [-0.4, -0.2) is 31.1 Å². The summed E-state index contributed by atoms with van der Waals surface area (Å²) in [4.78, 5) is 23.8. The lowest BCUT2D eigenvalue weighted by Gasteiger charge is -2.13. The van der Waals surface area contributed by atoms with E-state index in [1.807, 2.05) is 26.0 Å². The number of benzene rings is 1. The Kier molecular flexibility index (Phi) is 8.35. The molecule has 142 valence electrons. The first-order valence-corrected chi connectivity index (χ1v) is 9.37. The lowest BCUT2D eigenvalue weighted by molar-refractivity contribution is -0.124. The Morgan fingerprint density at radius 2 is 1.92 bits per heavy atom. The molecule has 0 atom stereocenters. The monoisotopic (exact) mass is 359 g/mol. The highest BCUT2D eigenvalue weighted by atomic mass is 16.5. The van der Waals surface area contributed by atoms with Crippen LogP contribution in [0.15, 0.2) is 35.9 Å². The van der Waals surface area contributed by atoms with Gasteiger partial charge in [0.15, 0.2) is 6.61 Å². The fourth-order valence-electron chi connectivity index (χ4n) is 2.76. The molecule has 5 nitrogen and oxygen atoms in total. The Balaban J connectivity index is 1.66. The minimum Gasteiger partial charge on any atom is -0.452 e. The van der Waals surface area contributed by atoms with E-state index < -0.39 is 5.97 Å². The maximum absolute atomic E-state index is 12.0. The summed E-state index contributed by atoms with van der Waals surface area (Å²) in [5.41, 5.74) is 2.83. The van der Waals surface area contributed by atoms with Crippen LogP contribution in [0.25, 0.3) is 0 Å². The third-order valence-corrected chi connectivity index (χ3v) is 4.26. The molecule has 1 aliphatic rings. The van der Waals surface area contributed by atoms with Gasteiger partial charge < -0.3 is 14.8 Å². The highest BCUT2D eigenvalue weighted by Gasteiger charge is 2.11. The van der Waals surface area contributed by atoms with Crippen LogP contribution >= 0.6 is 0 Å². The van der Waals surface area contributed by atoms with Crippen LogP contribution in [0.5, 0.6) is 0 Å². The van der Waals surface area contributed by atoms with Gasteiger partial charge in [-0.1, -0.05) is 23.8 Å². The maximum atomic E-state index is 12.0. The Hall–Kier alpha value is -2.14. The topological polar surface area (TPSA) is 64.6 Å². The SMILES string of the molecule is CC(C)OCc1ccc(C(=O)OCC(=O)NCCC2=CCCCC2)cc1. The number of amides is 1. The summed E-state index contributed by atoms with van der Waals surface area (Å²) >= 11 is 0. The molecular weight excluding hydrogens is 330 g/mol. The van der Waals surface area contributed by atoms with E-state index in [0.29, 0.717) is 18.7 Å². The van der Waals surface area contributed by atoms with Gasteiger partial charge in [-0.05, 0) is 63.6 Å². The summed E-state index contributed by atoms with van der Waals surface area (Å²) in [6.45, 7) is 4.79. The Labute approximate surface area is 155 Å². The van der Waals surface area contributed by atoms with Crippen LogP contribution in [0.2, 0.25) is 0 Å². The van der Waals surface area contributed by atoms with Gasteiger partial charge in [0.2, 0.25) is 0 Å². The lowest BCUT2D eigenvalue weighted by atomic mass is 9.97. The molecular formula is C21H29NO4. The normalized spacial score (nSPS) is 14.0. The van der Waals surface area contributed by atoms with E-state index in [2.05, 4.69) is 11.4 Å². The van der Waals surface area contributed by atoms with Gasteiger partial charge in [0, 0.05) is 6.54 Å². The average molecular weight is 359 g/mol. The van der Waals surface area contributed by atoms with E-state index in [4.69, 9.17) is 9.47 Å². The smallest absolute Gasteiger partial charge is 0.338 e. The largest absolute Gasteiger partial charge is 0.452 e. The van der Waals surface area contributed by atoms with Crippen LogP contribution in [0.3, 0.4) is 0 Å². The van der Waals surface area contributed by atoms with Crippen molar-refractivity contribution in [2.45, 2.75) is 58.7 Å². The van der Waals surface area contributed by atoms with Crippen molar-refractivity contribution >= 4 is 11.9 Å². The van der Waals surface area contributed by atoms with Crippen molar-refractivity contribution in [1.82, 2.24) is 5.32 Å². The number of rotatable bonds is 9. The van der Waals surface area contributed by atoms with Gasteiger partial charge in [-0.15, -0.1) is 0 Å². The molecule has 0 radical (unpaired) electrons. The van der Waals surface area contributed by atoms with E-state index in [1.165, 1.54) is 18.4 Å². The van der Waals surface area contributed by atoms with Crippen LogP contribution in [0.4, 0.5) is 0 Å². The molecule has 1 N–H and O–H groups in total. The summed E-state index contributed by atoms with van der Waals surface area (Å²) in [5.74, 6) is -0.761. The van der Waals surface area contributed by atoms with Gasteiger partial charge in [-0.3, -0.25) is 4.79 Å². The number of carbonyl (C=O) groups excluding carboxylic acids is 2. The zero-order valence-corrected chi connectivity index (χ0v) is 15.8. The Morgan fingerprint density at radius 1 is 1.15 bits per heavy atom. The molecule has 1 aromatic rings. The number of esters is 1. The third-order valence-electron chi connectivity index (χ3n) is 4.26. The Bertz CT molecular complexity index is 619. The number of ether oxygens (including phenoxy) is 2. The molecule has 0 bridgehead atoms. The van der Waals surface area contributed by atoms with Crippen molar-refractivity contribution in [3.05, 3.63) is 47.0 Å². The molecule has 0 heterocycles. The second kappa shape index (κ2) is 10.8. The summed E-state index contributed by atoms with van der Waals surface area (Å²) in [7, 11) is 0. The standard InChI is InChI=1S/C21H29NO4/c1-16(2)25-14-18-8-10-19(11-9-18)21(24)26-15-20(23)22-13-12-17-6-4-3-5-7-17/h6,8-11,16H,3-5,7,12-15H2,1-2H3,(H,22,23). The first-order valence-electron chi connectivity index (χ1n) is 9.37. The highest BCUT2D eigenvalue weighted by molar-refractivity contribution is 5.91. The minimum absolute atomic E-state index is 0.160. The molecule has 1 aromatic carbocycles. The van der Waals surface area contributed by atoms with Crippen LogP contribution < -0.4 is 5.32 Å². The zero-order chi connectivity index (χ0) is 18.8. The molecule has 0 unspecified atom stereocenters. The van der Waals surface area contributed by atoms with Crippen molar-refractivity contribution in [1.29, 1.82) is 0 Å². The van der Waals surface area contributed by atoms with Gasteiger partial charge in [0.05, 0.1) is 18.3 Å². The summed E-state index contributed by atoms with van der Waals surface area (Å²) in [6.07, 6.45) is 8.07. The molecule has 0 saturated heterocycles. The van der Waals surface area contributed by atoms with E-state index >= 15 is 0 Å². The highest BCUT2D eigenvalue weighted by Crippen LogP contribution is 2.19. The van der Waals surface area contributed by atoms with E-state index in [0.717, 1.165) is 24.8 Å². The van der Waals surface area contributed by atoms with Gasteiger partial charge in [0.25, 0.3) is 5.91 Å². The van der Waals surface area contributed by atoms with Crippen molar-refractivity contribution in [2.75, 3.05) is 13.2 Å². The van der Waals surface area contributed by atoms with Gasteiger partial charge in [-0.25, -0.2) is 4.79 Å². The quantitative estimate of drug-likeness (QED) is 0.538. The van der Waals surface area contributed by atoms with E-state index in [9.17, 15) is 9.59 Å². The first kappa shape index (κ1) is 20.2. The predicted octanol–water partition coefficient (Wildman–Crippen LogP) is 3.78. The molecule has 26 heavy (non-hydrogen) atoms. The molecule has 0 saturated carbocycles. The molecule has 0 fully saturated rings. The molecule has 5 heteroatoms. The minimum atomic E-state index is -0.494. The predicted molar refractivity (Wildman–Crippen MR) is 101 cm³/mol. The Morgan fingerprint density at radius 3 is 2.58 bits per heavy atom. The number of carbonyl (C=O) groups is 2. The average Bonchev–Trinajstić information content (AvgIpc) is 2.65. The number of allylic oxidation sites excluding steroid dienone is 1. The number of hydrogen-bond acceptors (Lipinski definition) is 4. The maximum Gasteiger partial charge on any atom is 0.338 e. The number of hydrogen-bond donors (Lipinski definition) is 1. The van der Waals surface area contributed by atoms with Gasteiger partial charge in [-0.2, -0.15) is 0 Å². The number of nitrogens with one attached hydrogen (secondary N) is 1. The van der Waals surface area contributed by atoms with Crippen molar-refractivity contribution in [3.63, 3.8) is 0 Å². The fraction of sp³-hybridized carbons (Fsp3) is 0.524. The second-order valence-electron chi connectivity index (χ2n) is 6.84. The first-order chi connectivity index (χ1) is 12.5. The summed E-state index contributed by atoms with van der Waals surface area (Å²) < 4.78 is 10.6. The van der Waals surface area contributed by atoms with Crippen molar-refractivity contribution in [2.24, 2.45) is 0 Å². The molecule has 2 rings (SSSR count). The molecule has 0 aromatic heterocycles. The molecule has 0 aliphatic heterocycles. The fourth-order valence-corrected chi connectivity index (χ4v) is 2.76. The van der Waals surface area contributed by atoms with Gasteiger partial charge >= 0.3 is 5.97 Å². The van der Waals surface area contributed by atoms with E-state index in [-0.39, 0.29) is 18.6 Å². The van der Waals surface area contributed by atoms with Crippen LogP contribution in [0, 0.1) is 0 Å². The van der Waals surface area contributed by atoms with Gasteiger partial charge in [0.1, 0.15) is 0 Å². The molecule has 0 spiro atoms. The van der Waals surface area contributed by atoms with E-state index in [1.54, 1.807) is 12.1 Å². The molecule has 1 amide bonds.